The predicted molar refractivity (Wildman–Crippen MR) is 71.7 cm³/mol. The Morgan fingerprint density at radius 1 is 0.640 bits per heavy atom. The average molecular weight is 425 g/mol. The Bertz CT molecular complexity index is 225. The number of hydrogen-bond donors (Lipinski definition) is 0. The van der Waals surface area contributed by atoms with Crippen molar-refractivity contribution < 1.29 is 103 Å². The van der Waals surface area contributed by atoms with E-state index in [9.17, 15) is 51.8 Å². The molecule has 0 amide bonds. The molecule has 150 valence electrons. The summed E-state index contributed by atoms with van der Waals surface area (Å²) in [5.41, 5.74) is 0. The van der Waals surface area contributed by atoms with Crippen molar-refractivity contribution >= 4 is 21.8 Å². The van der Waals surface area contributed by atoms with Crippen LogP contribution in [-0.4, -0.2) is 21.8 Å². The van der Waals surface area contributed by atoms with Crippen molar-refractivity contribution in [3.05, 3.63) is 6.42 Å². The minimum Gasteiger partial charge on any atom is -0.418 e. The van der Waals surface area contributed by atoms with Crippen molar-refractivity contribution in [1.82, 2.24) is 0 Å². The van der Waals surface area contributed by atoms with E-state index in [2.05, 4.69) is 13.3 Å². The van der Waals surface area contributed by atoms with Gasteiger partial charge in [-0.2, -0.15) is 12.3 Å². The van der Waals surface area contributed by atoms with Gasteiger partial charge in [0.15, 0.2) is 0 Å². The first-order chi connectivity index (χ1) is 10.4. The molecule has 1 saturated carbocycles. The summed E-state index contributed by atoms with van der Waals surface area (Å²) in [6.45, 7) is 2.24. The number of hydrogen-bond acceptors (Lipinski definition) is 0. The summed E-state index contributed by atoms with van der Waals surface area (Å²) in [6, 6.07) is 0. The second-order valence-corrected chi connectivity index (χ2v) is 4.53. The fourth-order valence-corrected chi connectivity index (χ4v) is 1.70. The van der Waals surface area contributed by atoms with Gasteiger partial charge in [-0.25, -0.2) is 0 Å². The summed E-state index contributed by atoms with van der Waals surface area (Å²) < 4.78 is 117. The van der Waals surface area contributed by atoms with Gasteiger partial charge in [-0.3, -0.25) is 0 Å². The molecular formula is C9H17B3F12K-3. The molecule has 0 radical (unpaired) electrons. The molecule has 0 aromatic heterocycles. The monoisotopic (exact) mass is 425 g/mol. The van der Waals surface area contributed by atoms with Crippen LogP contribution in [0.2, 0.25) is 0 Å². The number of rotatable bonds is 2. The zero-order valence-corrected chi connectivity index (χ0v) is 16.8. The van der Waals surface area contributed by atoms with Crippen molar-refractivity contribution in [3.63, 3.8) is 0 Å². The molecule has 1 aliphatic rings. The molecule has 0 N–H and O–H groups in total. The maximum atomic E-state index is 9.75. The van der Waals surface area contributed by atoms with Crippen LogP contribution in [0.3, 0.4) is 0 Å². The van der Waals surface area contributed by atoms with Gasteiger partial charge in [-0.1, -0.05) is 39.0 Å². The maximum Gasteiger partial charge on any atom is 1.00 e. The van der Waals surface area contributed by atoms with Gasteiger partial charge < -0.3 is 58.2 Å². The van der Waals surface area contributed by atoms with E-state index >= 15 is 0 Å². The van der Waals surface area contributed by atoms with Gasteiger partial charge in [-0.05, 0) is 0 Å². The van der Waals surface area contributed by atoms with Gasteiger partial charge >= 0.3 is 73.1 Å². The summed E-state index contributed by atoms with van der Waals surface area (Å²) >= 11 is 0. The van der Waals surface area contributed by atoms with Crippen LogP contribution in [0.25, 0.3) is 0 Å². The van der Waals surface area contributed by atoms with E-state index in [0.29, 0.717) is 0 Å². The van der Waals surface area contributed by atoms with Crippen LogP contribution in [-0.2, 0) is 0 Å². The summed E-state index contributed by atoms with van der Waals surface area (Å²) in [7, 11) is -18.0. The first-order valence-corrected chi connectivity index (χ1v) is 6.88. The van der Waals surface area contributed by atoms with Crippen LogP contribution < -0.4 is 51.4 Å². The molecule has 0 unspecified atom stereocenters. The molecule has 1 aliphatic carbocycles. The zero-order chi connectivity index (χ0) is 20.0. The van der Waals surface area contributed by atoms with Gasteiger partial charge in [0, 0.05) is 0 Å². The minimum absolute atomic E-state index is 0. The quantitative estimate of drug-likeness (QED) is 0.356. The Labute approximate surface area is 181 Å². The van der Waals surface area contributed by atoms with E-state index in [0.717, 1.165) is 5.92 Å². The third-order valence-electron chi connectivity index (χ3n) is 2.22. The van der Waals surface area contributed by atoms with Crippen LogP contribution >= 0.6 is 0 Å². The molecule has 0 aromatic rings. The molecule has 0 saturated heterocycles. The van der Waals surface area contributed by atoms with Crippen molar-refractivity contribution in [2.75, 3.05) is 0 Å². The van der Waals surface area contributed by atoms with Crippen LogP contribution in [0.1, 0.15) is 45.4 Å². The molecule has 0 spiro atoms. The second kappa shape index (κ2) is 17.1. The zero-order valence-electron chi connectivity index (χ0n) is 13.7. The van der Waals surface area contributed by atoms with E-state index in [4.69, 9.17) is 0 Å². The van der Waals surface area contributed by atoms with Crippen molar-refractivity contribution in [2.45, 2.75) is 45.4 Å². The topological polar surface area (TPSA) is 0 Å². The van der Waals surface area contributed by atoms with Gasteiger partial charge in [0.05, 0.1) is 0 Å². The average Bonchev–Trinajstić information content (AvgIpc) is 2.23. The second-order valence-electron chi connectivity index (χ2n) is 4.53. The van der Waals surface area contributed by atoms with Crippen molar-refractivity contribution in [1.29, 1.82) is 0 Å². The molecule has 0 atom stereocenters. The summed E-state index contributed by atoms with van der Waals surface area (Å²) in [5, 5.41) is 0. The Hall–Kier alpha value is 0.991. The van der Waals surface area contributed by atoms with Gasteiger partial charge in [0.2, 0.25) is 0 Å². The van der Waals surface area contributed by atoms with Crippen molar-refractivity contribution in [2.24, 2.45) is 5.92 Å². The standard InChI is InChI=1S/C9H17.3BF4.K/c1-2-6-9-7-4-3-5-8-9;3*2-1(3,4)5;/h6,9H,2-5,7-8H2,1H3;;;;/q4*-1;+1. The smallest absolute Gasteiger partial charge is 0.418 e. The minimum atomic E-state index is -6.00. The third-order valence-corrected chi connectivity index (χ3v) is 2.22. The van der Waals surface area contributed by atoms with Crippen LogP contribution in [0.4, 0.5) is 51.8 Å². The van der Waals surface area contributed by atoms with Gasteiger partial charge in [-0.15, -0.1) is 0 Å². The molecular weight excluding hydrogens is 408 g/mol. The Morgan fingerprint density at radius 2 is 0.880 bits per heavy atom. The van der Waals surface area contributed by atoms with Gasteiger partial charge in [0.1, 0.15) is 0 Å². The summed E-state index contributed by atoms with van der Waals surface area (Å²) in [4.78, 5) is 0. The van der Waals surface area contributed by atoms with E-state index < -0.39 is 21.8 Å². The fourth-order valence-electron chi connectivity index (χ4n) is 1.70. The Morgan fingerprint density at radius 3 is 1.08 bits per heavy atom. The molecule has 1 rings (SSSR count). The summed E-state index contributed by atoms with van der Waals surface area (Å²) in [6.07, 6.45) is 11.1. The number of halogens is 12. The summed E-state index contributed by atoms with van der Waals surface area (Å²) in [5.74, 6) is 0.976. The molecule has 16 heteroatoms. The molecule has 0 bridgehead atoms. The van der Waals surface area contributed by atoms with E-state index in [1.807, 2.05) is 0 Å². The van der Waals surface area contributed by atoms with Gasteiger partial charge in [0.25, 0.3) is 0 Å². The molecule has 0 aromatic carbocycles. The molecule has 0 nitrogen and oxygen atoms in total. The molecule has 0 heterocycles. The van der Waals surface area contributed by atoms with Crippen molar-refractivity contribution in [3.8, 4) is 0 Å². The van der Waals surface area contributed by atoms with Crippen LogP contribution in [0.5, 0.6) is 0 Å². The maximum absolute atomic E-state index is 9.75. The SMILES string of the molecule is CC[CH-]C1CCCCC1.F[B-](F)(F)F.F[B-](F)(F)F.F[B-](F)(F)F.[K+]. The third kappa shape index (κ3) is 91.9. The molecule has 25 heavy (non-hydrogen) atoms. The largest absolute Gasteiger partial charge is 1.00 e. The van der Waals surface area contributed by atoms with E-state index in [1.54, 1.807) is 0 Å². The Kier molecular flexibility index (Phi) is 23.0. The fraction of sp³-hybridized carbons (Fsp3) is 0.889. The predicted octanol–water partition coefficient (Wildman–Crippen LogP) is 4.08. The van der Waals surface area contributed by atoms with Crippen LogP contribution in [0, 0.1) is 12.3 Å². The normalized spacial score (nSPS) is 15.2. The first-order valence-electron chi connectivity index (χ1n) is 6.88. The molecule has 1 fully saturated rings. The van der Waals surface area contributed by atoms with E-state index in [-0.39, 0.29) is 51.4 Å². The Balaban J connectivity index is -0.000000122. The van der Waals surface area contributed by atoms with E-state index in [1.165, 1.54) is 38.5 Å². The first kappa shape index (κ1) is 33.6. The van der Waals surface area contributed by atoms with Crippen LogP contribution in [0.15, 0.2) is 0 Å². The molecule has 0 aliphatic heterocycles.